The molecule has 1 saturated carbocycles. The third-order valence-corrected chi connectivity index (χ3v) is 8.90. The second-order valence-electron chi connectivity index (χ2n) is 11.2. The van der Waals surface area contributed by atoms with Crippen LogP contribution in [0.1, 0.15) is 83.6 Å². The van der Waals surface area contributed by atoms with Crippen LogP contribution in [0.15, 0.2) is 29.1 Å². The van der Waals surface area contributed by atoms with Crippen molar-refractivity contribution in [1.29, 1.82) is 0 Å². The number of rotatable bonds is 5. The van der Waals surface area contributed by atoms with Gasteiger partial charge in [-0.1, -0.05) is 44.2 Å². The highest BCUT2D eigenvalue weighted by Gasteiger charge is 2.40. The topological polar surface area (TPSA) is 50.5 Å². The molecule has 0 unspecified atom stereocenters. The number of likely N-dealkylation sites (tertiary alicyclic amines) is 2. The lowest BCUT2D eigenvalue weighted by atomic mass is 9.87. The van der Waals surface area contributed by atoms with E-state index in [0.717, 1.165) is 68.9 Å². The monoisotopic (exact) mass is 480 g/mol. The second-order valence-corrected chi connectivity index (χ2v) is 11.2. The number of fused-ring (bicyclic) bond motifs is 1. The first-order chi connectivity index (χ1) is 17.2. The number of hydrogen-bond donors (Lipinski definition) is 0. The molecule has 192 valence electrons. The summed E-state index contributed by atoms with van der Waals surface area (Å²) < 4.78 is 3.86. The molecule has 5 rings (SSSR count). The van der Waals surface area contributed by atoms with Gasteiger partial charge in [0, 0.05) is 39.3 Å². The number of carbonyl (C=O) groups is 1. The molecule has 0 radical (unpaired) electrons. The van der Waals surface area contributed by atoms with Crippen molar-refractivity contribution < 1.29 is 4.79 Å². The average Bonchev–Trinajstić information content (AvgIpc) is 3.16. The number of carbonyl (C=O) groups excluding carboxylic acids is 1. The molecular formula is C29H44N4O2. The zero-order valence-corrected chi connectivity index (χ0v) is 21.7. The fourth-order valence-electron chi connectivity index (χ4n) is 7.02. The van der Waals surface area contributed by atoms with Crippen LogP contribution in [-0.4, -0.2) is 57.6 Å². The maximum absolute atomic E-state index is 14.0. The first-order valence-corrected chi connectivity index (χ1v) is 14.4. The molecule has 35 heavy (non-hydrogen) atoms. The minimum absolute atomic E-state index is 0.0450. The molecule has 2 saturated heterocycles. The first kappa shape index (κ1) is 24.6. The molecule has 1 amide bonds. The van der Waals surface area contributed by atoms with Gasteiger partial charge >= 0.3 is 5.69 Å². The van der Waals surface area contributed by atoms with Gasteiger partial charge in [-0.3, -0.25) is 13.9 Å². The first-order valence-electron chi connectivity index (χ1n) is 14.4. The van der Waals surface area contributed by atoms with Crippen molar-refractivity contribution in [1.82, 2.24) is 18.9 Å². The number of benzene rings is 1. The zero-order chi connectivity index (χ0) is 24.2. The van der Waals surface area contributed by atoms with Crippen molar-refractivity contribution in [2.75, 3.05) is 32.7 Å². The lowest BCUT2D eigenvalue weighted by molar-refractivity contribution is -0.140. The van der Waals surface area contributed by atoms with Crippen LogP contribution in [0.5, 0.6) is 0 Å². The summed E-state index contributed by atoms with van der Waals surface area (Å²) in [6.07, 6.45) is 13.8. The summed E-state index contributed by atoms with van der Waals surface area (Å²) in [5, 5.41) is 0. The average molecular weight is 481 g/mol. The molecule has 1 aromatic heterocycles. The number of hydrogen-bond acceptors (Lipinski definition) is 3. The summed E-state index contributed by atoms with van der Waals surface area (Å²) in [7, 11) is 0. The van der Waals surface area contributed by atoms with Gasteiger partial charge in [-0.05, 0) is 63.5 Å². The van der Waals surface area contributed by atoms with Gasteiger partial charge < -0.3 is 9.80 Å². The maximum Gasteiger partial charge on any atom is 0.329 e. The highest BCUT2D eigenvalue weighted by atomic mass is 16.2. The molecule has 0 spiro atoms. The third-order valence-electron chi connectivity index (χ3n) is 8.90. The quantitative estimate of drug-likeness (QED) is 0.601. The molecule has 2 atom stereocenters. The van der Waals surface area contributed by atoms with Crippen molar-refractivity contribution in [3.05, 3.63) is 34.7 Å². The van der Waals surface area contributed by atoms with Crippen molar-refractivity contribution in [2.24, 2.45) is 11.8 Å². The standard InChI is InChI=1S/C29H44N4O2/c1-2-32-26-15-9-10-16-27(26)33(29(32)35)25-17-20-30(21-23-13-7-4-3-5-8-14-23)22-24(25)28(34)31-18-11-6-12-19-31/h9-10,15-16,23-25H,2-8,11-14,17-22H2,1H3/t24-,25-/m0/s1. The van der Waals surface area contributed by atoms with Gasteiger partial charge in [0.2, 0.25) is 5.91 Å². The van der Waals surface area contributed by atoms with Gasteiger partial charge in [0.1, 0.15) is 0 Å². The van der Waals surface area contributed by atoms with Crippen LogP contribution in [0.25, 0.3) is 11.0 Å². The lowest BCUT2D eigenvalue weighted by Gasteiger charge is -2.42. The van der Waals surface area contributed by atoms with E-state index in [4.69, 9.17) is 0 Å². The van der Waals surface area contributed by atoms with Gasteiger partial charge in [-0.2, -0.15) is 0 Å². The molecule has 2 aromatic rings. The van der Waals surface area contributed by atoms with Crippen molar-refractivity contribution in [3.63, 3.8) is 0 Å². The molecule has 3 aliphatic rings. The Morgan fingerprint density at radius 2 is 1.51 bits per heavy atom. The van der Waals surface area contributed by atoms with Crippen molar-refractivity contribution in [3.8, 4) is 0 Å². The molecule has 3 fully saturated rings. The largest absolute Gasteiger partial charge is 0.342 e. The number of para-hydroxylation sites is 2. The molecule has 0 N–H and O–H groups in total. The Morgan fingerprint density at radius 1 is 0.857 bits per heavy atom. The van der Waals surface area contributed by atoms with Crippen LogP contribution in [0.2, 0.25) is 0 Å². The van der Waals surface area contributed by atoms with E-state index in [2.05, 4.69) is 15.9 Å². The molecule has 1 aliphatic carbocycles. The Hall–Kier alpha value is -2.08. The fourth-order valence-corrected chi connectivity index (χ4v) is 7.02. The lowest BCUT2D eigenvalue weighted by Crippen LogP contribution is -2.52. The number of aromatic nitrogens is 2. The summed E-state index contributed by atoms with van der Waals surface area (Å²) in [6, 6.07) is 8.06. The summed E-state index contributed by atoms with van der Waals surface area (Å²) in [6.45, 7) is 7.30. The van der Waals surface area contributed by atoms with Crippen LogP contribution >= 0.6 is 0 Å². The van der Waals surface area contributed by atoms with Crippen LogP contribution in [-0.2, 0) is 11.3 Å². The molecule has 1 aromatic carbocycles. The van der Waals surface area contributed by atoms with E-state index in [1.807, 2.05) is 34.3 Å². The van der Waals surface area contributed by atoms with E-state index in [9.17, 15) is 9.59 Å². The predicted molar refractivity (Wildman–Crippen MR) is 142 cm³/mol. The van der Waals surface area contributed by atoms with E-state index < -0.39 is 0 Å². The van der Waals surface area contributed by atoms with E-state index in [1.165, 1.54) is 51.4 Å². The Morgan fingerprint density at radius 3 is 2.23 bits per heavy atom. The van der Waals surface area contributed by atoms with Crippen LogP contribution in [0, 0.1) is 11.8 Å². The van der Waals surface area contributed by atoms with Crippen LogP contribution < -0.4 is 5.69 Å². The SMILES string of the molecule is CCn1c(=O)n([C@H]2CCN(CC3CCCCCCC3)C[C@@H]2C(=O)N2CCCCC2)c2ccccc21. The van der Waals surface area contributed by atoms with Gasteiger partial charge in [0.05, 0.1) is 23.0 Å². The number of piperidine rings is 2. The predicted octanol–water partition coefficient (Wildman–Crippen LogP) is 5.06. The molecular weight excluding hydrogens is 436 g/mol. The van der Waals surface area contributed by atoms with Crippen LogP contribution in [0.4, 0.5) is 0 Å². The molecule has 3 heterocycles. The maximum atomic E-state index is 14.0. The number of amides is 1. The highest BCUT2D eigenvalue weighted by molar-refractivity contribution is 5.81. The van der Waals surface area contributed by atoms with Crippen LogP contribution in [0.3, 0.4) is 0 Å². The number of imidazole rings is 1. The van der Waals surface area contributed by atoms with E-state index in [1.54, 1.807) is 0 Å². The molecule has 6 nitrogen and oxygen atoms in total. The van der Waals surface area contributed by atoms with E-state index in [0.29, 0.717) is 6.54 Å². The van der Waals surface area contributed by atoms with Crippen molar-refractivity contribution >= 4 is 16.9 Å². The minimum Gasteiger partial charge on any atom is -0.342 e. The van der Waals surface area contributed by atoms with E-state index >= 15 is 0 Å². The summed E-state index contributed by atoms with van der Waals surface area (Å²) in [5.41, 5.74) is 2.01. The fraction of sp³-hybridized carbons (Fsp3) is 0.724. The third kappa shape index (κ3) is 5.23. The molecule has 2 aliphatic heterocycles. The highest BCUT2D eigenvalue weighted by Crippen LogP contribution is 2.34. The minimum atomic E-state index is -0.149. The normalized spacial score (nSPS) is 25.5. The zero-order valence-electron chi connectivity index (χ0n) is 21.7. The summed E-state index contributed by atoms with van der Waals surface area (Å²) in [4.78, 5) is 32.3. The Balaban J connectivity index is 1.43. The van der Waals surface area contributed by atoms with Gasteiger partial charge in [-0.15, -0.1) is 0 Å². The van der Waals surface area contributed by atoms with Gasteiger partial charge in [0.15, 0.2) is 0 Å². The molecule has 6 heteroatoms. The Bertz CT molecular complexity index is 1040. The smallest absolute Gasteiger partial charge is 0.329 e. The van der Waals surface area contributed by atoms with Gasteiger partial charge in [0.25, 0.3) is 0 Å². The Labute approximate surface area is 210 Å². The summed E-state index contributed by atoms with van der Waals surface area (Å²) in [5.74, 6) is 0.879. The van der Waals surface area contributed by atoms with E-state index in [-0.39, 0.29) is 23.6 Å². The van der Waals surface area contributed by atoms with Crippen molar-refractivity contribution in [2.45, 2.75) is 90.1 Å². The van der Waals surface area contributed by atoms with Gasteiger partial charge in [-0.25, -0.2) is 4.79 Å². The summed E-state index contributed by atoms with van der Waals surface area (Å²) >= 11 is 0. The number of nitrogens with zero attached hydrogens (tertiary/aromatic N) is 4. The Kier molecular flexibility index (Phi) is 7.96. The molecule has 0 bridgehead atoms. The second kappa shape index (κ2) is 11.3. The number of aryl methyl sites for hydroxylation is 1.